The maximum Gasteiger partial charge on any atom is 0.251 e. The van der Waals surface area contributed by atoms with Gasteiger partial charge in [0.2, 0.25) is 10.0 Å². The zero-order chi connectivity index (χ0) is 23.6. The molecule has 7 nitrogen and oxygen atoms in total. The van der Waals surface area contributed by atoms with E-state index in [1.165, 1.54) is 23.0 Å². The van der Waals surface area contributed by atoms with Crippen molar-refractivity contribution in [2.75, 3.05) is 20.2 Å². The van der Waals surface area contributed by atoms with E-state index in [9.17, 15) is 13.2 Å². The minimum Gasteiger partial charge on any atom is -0.495 e. The predicted molar refractivity (Wildman–Crippen MR) is 129 cm³/mol. The zero-order valence-corrected chi connectivity index (χ0v) is 20.2. The van der Waals surface area contributed by atoms with Crippen LogP contribution < -0.4 is 10.1 Å². The van der Waals surface area contributed by atoms with Crippen molar-refractivity contribution in [3.63, 3.8) is 0 Å². The van der Waals surface area contributed by atoms with Gasteiger partial charge in [-0.2, -0.15) is 4.31 Å². The van der Waals surface area contributed by atoms with Gasteiger partial charge < -0.3 is 15.0 Å². The molecule has 1 aromatic heterocycles. The van der Waals surface area contributed by atoms with Gasteiger partial charge in [-0.05, 0) is 68.1 Å². The Labute approximate surface area is 195 Å². The minimum atomic E-state index is -3.75. The van der Waals surface area contributed by atoms with E-state index in [4.69, 9.17) is 4.74 Å². The second-order valence-electron chi connectivity index (χ2n) is 8.62. The summed E-state index contributed by atoms with van der Waals surface area (Å²) in [6.07, 6.45) is 3.73. The molecule has 33 heavy (non-hydrogen) atoms. The summed E-state index contributed by atoms with van der Waals surface area (Å²) >= 11 is 0. The fraction of sp³-hybridized carbons (Fsp3) is 0.400. The Kier molecular flexibility index (Phi) is 6.76. The summed E-state index contributed by atoms with van der Waals surface area (Å²) in [7, 11) is -2.31. The first-order chi connectivity index (χ1) is 15.8. The Morgan fingerprint density at radius 1 is 1.06 bits per heavy atom. The van der Waals surface area contributed by atoms with Gasteiger partial charge in [0.05, 0.1) is 7.11 Å². The second kappa shape index (κ2) is 9.57. The summed E-state index contributed by atoms with van der Waals surface area (Å²) in [5.74, 6) is -0.0772. The summed E-state index contributed by atoms with van der Waals surface area (Å²) in [4.78, 5) is 16.3. The smallest absolute Gasteiger partial charge is 0.251 e. The number of benzene rings is 2. The average Bonchev–Trinajstić information content (AvgIpc) is 3.00. The van der Waals surface area contributed by atoms with Gasteiger partial charge in [0.25, 0.3) is 5.91 Å². The number of sulfonamides is 1. The van der Waals surface area contributed by atoms with Crippen LogP contribution in [-0.4, -0.2) is 43.8 Å². The van der Waals surface area contributed by atoms with Crippen molar-refractivity contribution in [3.05, 3.63) is 58.8 Å². The average molecular weight is 470 g/mol. The number of aromatic amines is 1. The summed E-state index contributed by atoms with van der Waals surface area (Å²) in [6, 6.07) is 10.6. The largest absolute Gasteiger partial charge is 0.495 e. The summed E-state index contributed by atoms with van der Waals surface area (Å²) < 4.78 is 33.5. The maximum absolute atomic E-state index is 13.3. The first-order valence-electron chi connectivity index (χ1n) is 11.4. The van der Waals surface area contributed by atoms with E-state index in [0.717, 1.165) is 47.8 Å². The molecule has 176 valence electrons. The number of carbonyl (C=O) groups is 1. The monoisotopic (exact) mass is 469 g/mol. The zero-order valence-electron chi connectivity index (χ0n) is 19.4. The molecule has 1 aliphatic heterocycles. The molecule has 3 aromatic rings. The van der Waals surface area contributed by atoms with Gasteiger partial charge in [0.1, 0.15) is 10.6 Å². The van der Waals surface area contributed by atoms with Gasteiger partial charge in [-0.3, -0.25) is 4.79 Å². The van der Waals surface area contributed by atoms with Crippen LogP contribution in [0.3, 0.4) is 0 Å². The number of methoxy groups -OCH3 is 1. The first-order valence-corrected chi connectivity index (χ1v) is 12.8. The van der Waals surface area contributed by atoms with Gasteiger partial charge in [0.15, 0.2) is 0 Å². The highest BCUT2D eigenvalue weighted by molar-refractivity contribution is 7.89. The fourth-order valence-corrected chi connectivity index (χ4v) is 6.04. The molecule has 1 fully saturated rings. The second-order valence-corrected chi connectivity index (χ2v) is 10.5. The van der Waals surface area contributed by atoms with Crippen LogP contribution in [0.5, 0.6) is 5.75 Å². The Morgan fingerprint density at radius 2 is 1.79 bits per heavy atom. The van der Waals surface area contributed by atoms with Crippen molar-refractivity contribution in [2.45, 2.75) is 51.0 Å². The molecule has 0 saturated carbocycles. The molecule has 2 N–H and O–H groups in total. The lowest BCUT2D eigenvalue weighted by Crippen LogP contribution is -2.32. The molecule has 0 bridgehead atoms. The SMILES string of the molecule is COc1ccc(C(=O)NCc2ccc3[nH]c(C)c(C)c3c2)cc1S(=O)(=O)N1CCCCCC1. The Bertz CT molecular complexity index is 1270. The number of ether oxygens (including phenoxy) is 1. The minimum absolute atomic E-state index is 0.0411. The number of amides is 1. The van der Waals surface area contributed by atoms with E-state index in [1.807, 2.05) is 19.1 Å². The number of nitrogens with zero attached hydrogens (tertiary/aromatic N) is 1. The van der Waals surface area contributed by atoms with E-state index in [2.05, 4.69) is 23.3 Å². The number of nitrogens with one attached hydrogen (secondary N) is 2. The molecule has 0 atom stereocenters. The van der Waals surface area contributed by atoms with Crippen LogP contribution in [0.4, 0.5) is 0 Å². The van der Waals surface area contributed by atoms with Crippen molar-refractivity contribution in [1.29, 1.82) is 0 Å². The van der Waals surface area contributed by atoms with Crippen molar-refractivity contribution in [2.24, 2.45) is 0 Å². The van der Waals surface area contributed by atoms with Crippen LogP contribution in [0, 0.1) is 13.8 Å². The number of carbonyl (C=O) groups excluding carboxylic acids is 1. The molecule has 1 amide bonds. The Balaban J connectivity index is 1.55. The summed E-state index contributed by atoms with van der Waals surface area (Å²) in [5.41, 5.74) is 4.65. The molecular formula is C25H31N3O4S. The molecule has 0 unspecified atom stereocenters. The van der Waals surface area contributed by atoms with Gasteiger partial charge in [-0.25, -0.2) is 8.42 Å². The molecule has 1 saturated heterocycles. The van der Waals surface area contributed by atoms with Gasteiger partial charge in [0, 0.05) is 41.8 Å². The molecular weight excluding hydrogens is 438 g/mol. The molecule has 8 heteroatoms. The standard InChI is InChI=1S/C25H31N3O4S/c1-17-18(2)27-22-10-8-19(14-21(17)22)16-26-25(29)20-9-11-23(32-3)24(15-20)33(30,31)28-12-6-4-5-7-13-28/h8-11,14-15,27H,4-7,12-13,16H2,1-3H3,(H,26,29). The van der Waals surface area contributed by atoms with Crippen LogP contribution in [0.2, 0.25) is 0 Å². The van der Waals surface area contributed by atoms with E-state index in [-0.39, 0.29) is 16.6 Å². The van der Waals surface area contributed by atoms with E-state index >= 15 is 0 Å². The first kappa shape index (κ1) is 23.3. The van der Waals surface area contributed by atoms with E-state index in [1.54, 1.807) is 12.1 Å². The van der Waals surface area contributed by atoms with Gasteiger partial charge in [-0.15, -0.1) is 0 Å². The van der Waals surface area contributed by atoms with Crippen LogP contribution >= 0.6 is 0 Å². The topological polar surface area (TPSA) is 91.5 Å². The fourth-order valence-electron chi connectivity index (χ4n) is 4.34. The van der Waals surface area contributed by atoms with Crippen molar-refractivity contribution >= 4 is 26.8 Å². The lowest BCUT2D eigenvalue weighted by atomic mass is 10.1. The number of rotatable bonds is 6. The predicted octanol–water partition coefficient (Wildman–Crippen LogP) is 4.29. The molecule has 2 aromatic carbocycles. The maximum atomic E-state index is 13.3. The number of aromatic nitrogens is 1. The van der Waals surface area contributed by atoms with Crippen LogP contribution in [0.1, 0.15) is 52.9 Å². The number of hydrogen-bond acceptors (Lipinski definition) is 4. The number of H-pyrrole nitrogens is 1. The molecule has 0 spiro atoms. The Hall–Kier alpha value is -2.84. The van der Waals surface area contributed by atoms with E-state index < -0.39 is 10.0 Å². The van der Waals surface area contributed by atoms with Crippen molar-refractivity contribution in [3.8, 4) is 5.75 Å². The van der Waals surface area contributed by atoms with Crippen LogP contribution in [0.25, 0.3) is 10.9 Å². The highest BCUT2D eigenvalue weighted by Crippen LogP contribution is 2.29. The molecule has 2 heterocycles. The molecule has 1 aliphatic rings. The molecule has 0 radical (unpaired) electrons. The number of aryl methyl sites for hydroxylation is 2. The molecule has 4 rings (SSSR count). The van der Waals surface area contributed by atoms with Gasteiger partial charge in [-0.1, -0.05) is 18.9 Å². The van der Waals surface area contributed by atoms with Crippen LogP contribution in [0.15, 0.2) is 41.3 Å². The third kappa shape index (κ3) is 4.77. The number of fused-ring (bicyclic) bond motifs is 1. The summed E-state index contributed by atoms with van der Waals surface area (Å²) in [5, 5.41) is 4.05. The Morgan fingerprint density at radius 3 is 2.48 bits per heavy atom. The van der Waals surface area contributed by atoms with Crippen LogP contribution in [-0.2, 0) is 16.6 Å². The quantitative estimate of drug-likeness (QED) is 0.563. The summed E-state index contributed by atoms with van der Waals surface area (Å²) in [6.45, 7) is 5.43. The highest BCUT2D eigenvalue weighted by atomic mass is 32.2. The lowest BCUT2D eigenvalue weighted by Gasteiger charge is -2.21. The van der Waals surface area contributed by atoms with Crippen molar-refractivity contribution in [1.82, 2.24) is 14.6 Å². The van der Waals surface area contributed by atoms with E-state index in [0.29, 0.717) is 25.2 Å². The third-order valence-corrected chi connectivity index (χ3v) is 8.35. The molecule has 0 aliphatic carbocycles. The van der Waals surface area contributed by atoms with Crippen molar-refractivity contribution < 1.29 is 17.9 Å². The number of hydrogen-bond donors (Lipinski definition) is 2. The highest BCUT2D eigenvalue weighted by Gasteiger charge is 2.29. The normalized spacial score (nSPS) is 15.4. The third-order valence-electron chi connectivity index (χ3n) is 6.43. The van der Waals surface area contributed by atoms with Gasteiger partial charge >= 0.3 is 0 Å². The lowest BCUT2D eigenvalue weighted by molar-refractivity contribution is 0.0950.